The summed E-state index contributed by atoms with van der Waals surface area (Å²) < 4.78 is 27.4. The Morgan fingerprint density at radius 3 is 2.32 bits per heavy atom. The molecule has 1 heterocycles. The number of nitrogens with one attached hydrogen (secondary N) is 1. The Bertz CT molecular complexity index is 759. The average Bonchev–Trinajstić information content (AvgIpc) is 3.08. The van der Waals surface area contributed by atoms with Crippen molar-refractivity contribution < 1.29 is 13.2 Å². The third-order valence-corrected chi connectivity index (χ3v) is 7.71. The molecule has 1 saturated carbocycles. The first-order valence-electron chi connectivity index (χ1n) is 9.92. The summed E-state index contributed by atoms with van der Waals surface area (Å²) in [4.78, 5) is 12.7. The lowest BCUT2D eigenvalue weighted by atomic mass is 9.94. The second-order valence-electron chi connectivity index (χ2n) is 8.30. The molecule has 1 aliphatic heterocycles. The van der Waals surface area contributed by atoms with E-state index in [1.165, 1.54) is 0 Å². The zero-order chi connectivity index (χ0) is 19.6. The molecule has 0 radical (unpaired) electrons. The van der Waals surface area contributed by atoms with Gasteiger partial charge in [-0.15, -0.1) is 12.4 Å². The van der Waals surface area contributed by atoms with Crippen LogP contribution in [0.5, 0.6) is 0 Å². The number of carbonyl (C=O) groups is 1. The number of amides is 1. The molecule has 3 rings (SSSR count). The molecule has 1 aromatic rings. The minimum absolute atomic E-state index is 0. The van der Waals surface area contributed by atoms with E-state index in [0.717, 1.165) is 25.7 Å². The summed E-state index contributed by atoms with van der Waals surface area (Å²) in [5, 5.41) is 3.05. The summed E-state index contributed by atoms with van der Waals surface area (Å²) in [6, 6.07) is 6.41. The quantitative estimate of drug-likeness (QED) is 0.752. The van der Waals surface area contributed by atoms with Crippen LogP contribution in [0, 0.1) is 17.8 Å². The van der Waals surface area contributed by atoms with Crippen molar-refractivity contribution in [1.29, 1.82) is 0 Å². The zero-order valence-electron chi connectivity index (χ0n) is 16.6. The number of rotatable bonds is 5. The number of halogens is 1. The number of hydrogen-bond donors (Lipinski definition) is 2. The molecule has 0 bridgehead atoms. The Hall–Kier alpha value is -1.15. The van der Waals surface area contributed by atoms with Crippen LogP contribution in [0.3, 0.4) is 0 Å². The van der Waals surface area contributed by atoms with E-state index in [-0.39, 0.29) is 29.3 Å². The van der Waals surface area contributed by atoms with E-state index in [4.69, 9.17) is 5.73 Å². The van der Waals surface area contributed by atoms with Gasteiger partial charge in [-0.25, -0.2) is 8.42 Å². The Morgan fingerprint density at radius 2 is 1.75 bits per heavy atom. The summed E-state index contributed by atoms with van der Waals surface area (Å²) in [5.74, 6) is 0.882. The first-order chi connectivity index (χ1) is 12.8. The van der Waals surface area contributed by atoms with Crippen molar-refractivity contribution in [3.63, 3.8) is 0 Å². The predicted octanol–water partition coefficient (Wildman–Crippen LogP) is 2.63. The SMILES string of the molecule is CC1CC(C)CN(S(=O)(=O)c2ccc(C(=O)NC3CCCC3CN)cc2)C1.Cl. The van der Waals surface area contributed by atoms with Crippen LogP contribution in [-0.2, 0) is 10.0 Å². The molecule has 3 N–H and O–H groups in total. The molecule has 1 aromatic carbocycles. The Morgan fingerprint density at radius 1 is 1.14 bits per heavy atom. The molecule has 2 aliphatic rings. The third-order valence-electron chi connectivity index (χ3n) is 5.87. The fraction of sp³-hybridized carbons (Fsp3) is 0.650. The Balaban J connectivity index is 0.00000280. The maximum Gasteiger partial charge on any atom is 0.251 e. The summed E-state index contributed by atoms with van der Waals surface area (Å²) in [5.41, 5.74) is 6.26. The molecule has 0 spiro atoms. The fourth-order valence-corrected chi connectivity index (χ4v) is 6.17. The van der Waals surface area contributed by atoms with E-state index in [9.17, 15) is 13.2 Å². The lowest BCUT2D eigenvalue weighted by Crippen LogP contribution is -2.42. The average molecular weight is 430 g/mol. The molecule has 28 heavy (non-hydrogen) atoms. The van der Waals surface area contributed by atoms with Crippen LogP contribution in [0.25, 0.3) is 0 Å². The third kappa shape index (κ3) is 5.06. The fourth-order valence-electron chi connectivity index (χ4n) is 4.49. The van der Waals surface area contributed by atoms with Gasteiger partial charge in [-0.2, -0.15) is 4.31 Å². The van der Waals surface area contributed by atoms with Crippen LogP contribution in [0.2, 0.25) is 0 Å². The number of nitrogens with zero attached hydrogens (tertiary/aromatic N) is 1. The molecule has 4 atom stereocenters. The summed E-state index contributed by atoms with van der Waals surface area (Å²) in [6.07, 6.45) is 4.13. The lowest BCUT2D eigenvalue weighted by Gasteiger charge is -2.34. The second-order valence-corrected chi connectivity index (χ2v) is 10.2. The van der Waals surface area contributed by atoms with Crippen molar-refractivity contribution in [3.05, 3.63) is 29.8 Å². The van der Waals surface area contributed by atoms with E-state index < -0.39 is 10.0 Å². The first kappa shape index (κ1) is 23.1. The maximum absolute atomic E-state index is 12.9. The van der Waals surface area contributed by atoms with Crippen molar-refractivity contribution in [3.8, 4) is 0 Å². The van der Waals surface area contributed by atoms with Gasteiger partial charge in [-0.3, -0.25) is 4.79 Å². The van der Waals surface area contributed by atoms with Gasteiger partial charge < -0.3 is 11.1 Å². The molecule has 0 aromatic heterocycles. The van der Waals surface area contributed by atoms with Crippen molar-refractivity contribution in [2.45, 2.75) is 50.5 Å². The topological polar surface area (TPSA) is 92.5 Å². The van der Waals surface area contributed by atoms with Crippen LogP contribution >= 0.6 is 12.4 Å². The van der Waals surface area contributed by atoms with Crippen LogP contribution in [0.4, 0.5) is 0 Å². The van der Waals surface area contributed by atoms with Crippen molar-refractivity contribution in [2.75, 3.05) is 19.6 Å². The van der Waals surface area contributed by atoms with Crippen molar-refractivity contribution >= 4 is 28.3 Å². The van der Waals surface area contributed by atoms with Crippen LogP contribution < -0.4 is 11.1 Å². The van der Waals surface area contributed by atoms with Gasteiger partial charge >= 0.3 is 0 Å². The standard InChI is InChI=1S/C20H31N3O3S.ClH/c1-14-10-15(2)13-23(12-14)27(25,26)18-8-6-16(7-9-18)20(24)22-19-5-3-4-17(19)11-21;/h6-9,14-15,17,19H,3-5,10-13,21H2,1-2H3,(H,22,24);1H. The highest BCUT2D eigenvalue weighted by Crippen LogP contribution is 2.27. The first-order valence-corrected chi connectivity index (χ1v) is 11.4. The number of nitrogens with two attached hydrogens (primary N) is 1. The molecule has 2 fully saturated rings. The van der Waals surface area contributed by atoms with Crippen LogP contribution in [-0.4, -0.2) is 44.3 Å². The van der Waals surface area contributed by atoms with E-state index in [0.29, 0.717) is 43.0 Å². The maximum atomic E-state index is 12.9. The number of sulfonamides is 1. The number of benzene rings is 1. The molecule has 6 nitrogen and oxygen atoms in total. The Labute approximate surface area is 174 Å². The molecule has 1 saturated heterocycles. The number of hydrogen-bond acceptors (Lipinski definition) is 4. The van der Waals surface area contributed by atoms with E-state index >= 15 is 0 Å². The zero-order valence-corrected chi connectivity index (χ0v) is 18.3. The van der Waals surface area contributed by atoms with Gasteiger partial charge in [0.15, 0.2) is 0 Å². The molecule has 4 unspecified atom stereocenters. The van der Waals surface area contributed by atoms with Crippen LogP contribution in [0.1, 0.15) is 49.9 Å². The highest BCUT2D eigenvalue weighted by atomic mass is 35.5. The van der Waals surface area contributed by atoms with Gasteiger partial charge in [0.05, 0.1) is 4.90 Å². The molecule has 1 aliphatic carbocycles. The van der Waals surface area contributed by atoms with Gasteiger partial charge in [-0.05, 0) is 67.8 Å². The Kier molecular flexibility index (Phi) is 7.90. The smallest absolute Gasteiger partial charge is 0.251 e. The lowest BCUT2D eigenvalue weighted by molar-refractivity contribution is 0.0928. The van der Waals surface area contributed by atoms with Gasteiger partial charge in [0.1, 0.15) is 0 Å². The summed E-state index contributed by atoms with van der Waals surface area (Å²) in [6.45, 7) is 5.86. The van der Waals surface area contributed by atoms with Gasteiger partial charge in [0.25, 0.3) is 5.91 Å². The molecule has 158 valence electrons. The number of piperidine rings is 1. The second kappa shape index (κ2) is 9.57. The van der Waals surface area contributed by atoms with Gasteiger partial charge in [-0.1, -0.05) is 20.3 Å². The summed E-state index contributed by atoms with van der Waals surface area (Å²) >= 11 is 0. The van der Waals surface area contributed by atoms with Crippen LogP contribution in [0.15, 0.2) is 29.2 Å². The van der Waals surface area contributed by atoms with Crippen molar-refractivity contribution in [1.82, 2.24) is 9.62 Å². The minimum atomic E-state index is -3.52. The largest absolute Gasteiger partial charge is 0.349 e. The highest BCUT2D eigenvalue weighted by Gasteiger charge is 2.32. The molecular formula is C20H32ClN3O3S. The van der Waals surface area contributed by atoms with E-state index in [1.807, 2.05) is 0 Å². The monoisotopic (exact) mass is 429 g/mol. The van der Waals surface area contributed by atoms with Crippen molar-refractivity contribution in [2.24, 2.45) is 23.5 Å². The normalized spacial score (nSPS) is 28.5. The number of carbonyl (C=O) groups excluding carboxylic acids is 1. The van der Waals surface area contributed by atoms with Gasteiger partial charge in [0, 0.05) is 24.7 Å². The summed E-state index contributed by atoms with van der Waals surface area (Å²) in [7, 11) is -3.52. The van der Waals surface area contributed by atoms with Gasteiger partial charge in [0.2, 0.25) is 10.0 Å². The molecule has 8 heteroatoms. The van der Waals surface area contributed by atoms with E-state index in [2.05, 4.69) is 19.2 Å². The highest BCUT2D eigenvalue weighted by molar-refractivity contribution is 7.89. The molecular weight excluding hydrogens is 398 g/mol. The van der Waals surface area contributed by atoms with E-state index in [1.54, 1.807) is 28.6 Å². The molecule has 1 amide bonds. The minimum Gasteiger partial charge on any atom is -0.349 e. The predicted molar refractivity (Wildman–Crippen MR) is 113 cm³/mol.